The fourth-order valence-corrected chi connectivity index (χ4v) is 3.50. The summed E-state index contributed by atoms with van der Waals surface area (Å²) in [5.74, 6) is 1.35. The number of hydrogen-bond acceptors (Lipinski definition) is 4. The number of fused-ring (bicyclic) bond motifs is 1. The number of H-pyrrole nitrogens is 1. The highest BCUT2D eigenvalue weighted by Crippen LogP contribution is 2.22. The van der Waals surface area contributed by atoms with Crippen LogP contribution < -0.4 is 15.0 Å². The number of hydrogen-bond donors (Lipinski definition) is 1. The molecule has 1 amide bonds. The maximum atomic E-state index is 12.9. The lowest BCUT2D eigenvalue weighted by atomic mass is 10.1. The van der Waals surface area contributed by atoms with Crippen molar-refractivity contribution in [3.8, 4) is 11.5 Å². The van der Waals surface area contributed by atoms with Gasteiger partial charge in [0.1, 0.15) is 23.2 Å². The van der Waals surface area contributed by atoms with Crippen molar-refractivity contribution in [3.05, 3.63) is 70.5 Å². The molecule has 6 heteroatoms. The van der Waals surface area contributed by atoms with E-state index in [0.29, 0.717) is 13.1 Å². The Hall–Kier alpha value is -3.28. The summed E-state index contributed by atoms with van der Waals surface area (Å²) in [6.07, 6.45) is 1.50. The molecule has 1 aliphatic rings. The summed E-state index contributed by atoms with van der Waals surface area (Å²) in [6, 6.07) is 16.6. The van der Waals surface area contributed by atoms with Crippen molar-refractivity contribution in [3.63, 3.8) is 0 Å². The molecule has 0 saturated carbocycles. The highest BCUT2D eigenvalue weighted by molar-refractivity contribution is 5.97. The predicted molar refractivity (Wildman–Crippen MR) is 107 cm³/mol. The summed E-state index contributed by atoms with van der Waals surface area (Å²) in [5.41, 5.74) is 0.573. The summed E-state index contributed by atoms with van der Waals surface area (Å²) in [4.78, 5) is 29.7. The second-order valence-corrected chi connectivity index (χ2v) is 6.88. The SMILES string of the molecule is COc1ccc(OC2CCN(C(=O)c3cc4ccccc4[nH]c3=O)CC2)cc1. The normalized spacial score (nSPS) is 14.8. The average Bonchev–Trinajstić information content (AvgIpc) is 2.74. The van der Waals surface area contributed by atoms with Gasteiger partial charge in [0.25, 0.3) is 11.5 Å². The standard InChI is InChI=1S/C22H22N2O4/c1-27-16-6-8-17(9-7-16)28-18-10-12-24(13-11-18)22(26)19-14-15-4-2-3-5-20(15)23-21(19)25/h2-9,14,18H,10-13H2,1H3,(H,23,25). The first-order chi connectivity index (χ1) is 13.6. The second-order valence-electron chi connectivity index (χ2n) is 6.88. The number of carbonyl (C=O) groups excluding carboxylic acids is 1. The van der Waals surface area contributed by atoms with Gasteiger partial charge in [0.15, 0.2) is 0 Å². The largest absolute Gasteiger partial charge is 0.497 e. The highest BCUT2D eigenvalue weighted by Gasteiger charge is 2.26. The molecular formula is C22H22N2O4. The molecule has 2 heterocycles. The maximum Gasteiger partial charge on any atom is 0.261 e. The quantitative estimate of drug-likeness (QED) is 0.757. The number of likely N-dealkylation sites (tertiary alicyclic amines) is 1. The Morgan fingerprint density at radius 3 is 2.43 bits per heavy atom. The van der Waals surface area contributed by atoms with Crippen LogP contribution in [0.2, 0.25) is 0 Å². The van der Waals surface area contributed by atoms with Gasteiger partial charge in [0, 0.05) is 31.4 Å². The first kappa shape index (κ1) is 18.1. The number of aromatic nitrogens is 1. The van der Waals surface area contributed by atoms with E-state index in [9.17, 15) is 9.59 Å². The van der Waals surface area contributed by atoms with Gasteiger partial charge in [0.05, 0.1) is 7.11 Å². The van der Waals surface area contributed by atoms with E-state index in [1.807, 2.05) is 48.5 Å². The molecule has 0 unspecified atom stereocenters. The van der Waals surface area contributed by atoms with Gasteiger partial charge >= 0.3 is 0 Å². The molecule has 2 aromatic carbocycles. The number of nitrogens with zero attached hydrogens (tertiary/aromatic N) is 1. The Labute approximate surface area is 162 Å². The average molecular weight is 378 g/mol. The molecule has 1 aliphatic heterocycles. The van der Waals surface area contributed by atoms with Crippen LogP contribution in [0.25, 0.3) is 10.9 Å². The van der Waals surface area contributed by atoms with Gasteiger partial charge in [0.2, 0.25) is 0 Å². The number of ether oxygens (including phenoxy) is 2. The van der Waals surface area contributed by atoms with Gasteiger partial charge in [-0.25, -0.2) is 0 Å². The third kappa shape index (κ3) is 3.71. The lowest BCUT2D eigenvalue weighted by Gasteiger charge is -2.32. The Balaban J connectivity index is 1.41. The monoisotopic (exact) mass is 378 g/mol. The van der Waals surface area contributed by atoms with Gasteiger partial charge in [-0.15, -0.1) is 0 Å². The molecule has 28 heavy (non-hydrogen) atoms. The van der Waals surface area contributed by atoms with Crippen LogP contribution in [0.1, 0.15) is 23.2 Å². The van der Waals surface area contributed by atoms with Crippen LogP contribution in [0.4, 0.5) is 0 Å². The molecular weight excluding hydrogens is 356 g/mol. The molecule has 1 aromatic heterocycles. The van der Waals surface area contributed by atoms with Crippen molar-refractivity contribution in [2.24, 2.45) is 0 Å². The minimum absolute atomic E-state index is 0.0485. The fraction of sp³-hybridized carbons (Fsp3) is 0.273. The molecule has 144 valence electrons. The van der Waals surface area contributed by atoms with Crippen LogP contribution in [0.15, 0.2) is 59.4 Å². The van der Waals surface area contributed by atoms with Gasteiger partial charge in [-0.2, -0.15) is 0 Å². The Morgan fingerprint density at radius 1 is 1.04 bits per heavy atom. The Kier molecular flexibility index (Phi) is 5.02. The zero-order valence-corrected chi connectivity index (χ0v) is 15.7. The van der Waals surface area contributed by atoms with E-state index in [4.69, 9.17) is 9.47 Å². The van der Waals surface area contributed by atoms with Gasteiger partial charge in [-0.3, -0.25) is 9.59 Å². The van der Waals surface area contributed by atoms with E-state index in [1.165, 1.54) is 0 Å². The van der Waals surface area contributed by atoms with Crippen molar-refractivity contribution >= 4 is 16.8 Å². The van der Waals surface area contributed by atoms with Crippen LogP contribution >= 0.6 is 0 Å². The van der Waals surface area contributed by atoms with Gasteiger partial charge in [-0.1, -0.05) is 18.2 Å². The molecule has 0 spiro atoms. The number of aromatic amines is 1. The Morgan fingerprint density at radius 2 is 1.71 bits per heavy atom. The molecule has 0 radical (unpaired) electrons. The molecule has 1 N–H and O–H groups in total. The first-order valence-corrected chi connectivity index (χ1v) is 9.36. The van der Waals surface area contributed by atoms with Crippen molar-refractivity contribution in [2.75, 3.05) is 20.2 Å². The summed E-state index contributed by atoms with van der Waals surface area (Å²) in [5, 5.41) is 0.850. The molecule has 0 bridgehead atoms. The molecule has 4 rings (SSSR count). The lowest BCUT2D eigenvalue weighted by Crippen LogP contribution is -2.43. The molecule has 1 fully saturated rings. The van der Waals surface area contributed by atoms with Crippen molar-refractivity contribution in [1.82, 2.24) is 9.88 Å². The number of para-hydroxylation sites is 1. The zero-order valence-electron chi connectivity index (χ0n) is 15.7. The van der Waals surface area contributed by atoms with Crippen LogP contribution in [0.3, 0.4) is 0 Å². The molecule has 3 aromatic rings. The number of amides is 1. The van der Waals surface area contributed by atoms with Crippen LogP contribution in [-0.4, -0.2) is 42.1 Å². The number of benzene rings is 2. The Bertz CT molecular complexity index is 1030. The highest BCUT2D eigenvalue weighted by atomic mass is 16.5. The lowest BCUT2D eigenvalue weighted by molar-refractivity contribution is 0.0594. The maximum absolute atomic E-state index is 12.9. The summed E-state index contributed by atoms with van der Waals surface area (Å²) < 4.78 is 11.2. The number of carbonyl (C=O) groups is 1. The van der Waals surface area contributed by atoms with Gasteiger partial charge < -0.3 is 19.4 Å². The van der Waals surface area contributed by atoms with Gasteiger partial charge in [-0.05, 0) is 41.8 Å². The van der Waals surface area contributed by atoms with E-state index in [0.717, 1.165) is 35.2 Å². The third-order valence-corrected chi connectivity index (χ3v) is 5.08. The number of methoxy groups -OCH3 is 1. The first-order valence-electron chi connectivity index (χ1n) is 9.36. The summed E-state index contributed by atoms with van der Waals surface area (Å²) in [6.45, 7) is 1.12. The van der Waals surface area contributed by atoms with Crippen molar-refractivity contribution < 1.29 is 14.3 Å². The number of piperidine rings is 1. The number of pyridine rings is 1. The molecule has 0 aliphatic carbocycles. The fourth-order valence-electron chi connectivity index (χ4n) is 3.50. The minimum atomic E-state index is -0.347. The minimum Gasteiger partial charge on any atom is -0.497 e. The van der Waals surface area contributed by atoms with E-state index in [-0.39, 0.29) is 23.1 Å². The van der Waals surface area contributed by atoms with E-state index in [1.54, 1.807) is 18.1 Å². The zero-order chi connectivity index (χ0) is 19.5. The van der Waals surface area contributed by atoms with Crippen molar-refractivity contribution in [1.29, 1.82) is 0 Å². The van der Waals surface area contributed by atoms with Crippen LogP contribution in [0, 0.1) is 0 Å². The number of nitrogens with one attached hydrogen (secondary N) is 1. The predicted octanol–water partition coefficient (Wildman–Crippen LogP) is 3.22. The van der Waals surface area contributed by atoms with Crippen LogP contribution in [0.5, 0.6) is 11.5 Å². The molecule has 6 nitrogen and oxygen atoms in total. The van der Waals surface area contributed by atoms with Crippen LogP contribution in [-0.2, 0) is 0 Å². The molecule has 1 saturated heterocycles. The second kappa shape index (κ2) is 7.76. The number of rotatable bonds is 4. The smallest absolute Gasteiger partial charge is 0.261 e. The van der Waals surface area contributed by atoms with E-state index < -0.39 is 0 Å². The topological polar surface area (TPSA) is 71.6 Å². The van der Waals surface area contributed by atoms with Crippen molar-refractivity contribution in [2.45, 2.75) is 18.9 Å². The summed E-state index contributed by atoms with van der Waals surface area (Å²) in [7, 11) is 1.63. The van der Waals surface area contributed by atoms with E-state index >= 15 is 0 Å². The summed E-state index contributed by atoms with van der Waals surface area (Å²) >= 11 is 0. The third-order valence-electron chi connectivity index (χ3n) is 5.08. The van der Waals surface area contributed by atoms with E-state index in [2.05, 4.69) is 4.98 Å². The molecule has 0 atom stereocenters.